The molecule has 0 bridgehead atoms. The summed E-state index contributed by atoms with van der Waals surface area (Å²) in [7, 11) is 2.01. The van der Waals surface area contributed by atoms with Crippen LogP contribution in [0.1, 0.15) is 46.0 Å². The number of nitrogens with one attached hydrogen (secondary N) is 2. The minimum atomic E-state index is 0.747. The Morgan fingerprint density at radius 3 is 2.38 bits per heavy atom. The molecule has 0 heterocycles. The lowest BCUT2D eigenvalue weighted by molar-refractivity contribution is 0.447. The molecule has 0 saturated carbocycles. The Bertz CT molecular complexity index is 94.1. The summed E-state index contributed by atoms with van der Waals surface area (Å²) in [5, 5.41) is 6.76. The van der Waals surface area contributed by atoms with Crippen LogP contribution in [0.4, 0.5) is 0 Å². The minimum absolute atomic E-state index is 0.747. The minimum Gasteiger partial charge on any atom is -0.320 e. The van der Waals surface area contributed by atoms with Gasteiger partial charge in [-0.2, -0.15) is 0 Å². The van der Waals surface area contributed by atoms with Crippen LogP contribution >= 0.6 is 0 Å². The smallest absolute Gasteiger partial charge is 0.00644 e. The van der Waals surface area contributed by atoms with Gasteiger partial charge in [-0.15, -0.1) is 0 Å². The first-order valence-electron chi connectivity index (χ1n) is 5.73. The molecule has 0 aromatic carbocycles. The van der Waals surface area contributed by atoms with Crippen molar-refractivity contribution in [3.8, 4) is 0 Å². The van der Waals surface area contributed by atoms with Crippen LogP contribution in [-0.4, -0.2) is 26.2 Å². The molecule has 0 fully saturated rings. The molecule has 0 spiro atoms. The van der Waals surface area contributed by atoms with Gasteiger partial charge in [-0.1, -0.05) is 26.7 Å². The summed E-state index contributed by atoms with van der Waals surface area (Å²) in [6, 6.07) is 0.747. The van der Waals surface area contributed by atoms with Gasteiger partial charge in [-0.25, -0.2) is 0 Å². The molecule has 0 radical (unpaired) electrons. The molecule has 0 aliphatic rings. The highest BCUT2D eigenvalue weighted by Crippen LogP contribution is 2.03. The molecule has 0 amide bonds. The maximum atomic E-state index is 3.60. The first-order chi connectivity index (χ1) is 6.35. The molecular weight excluding hydrogens is 160 g/mol. The third kappa shape index (κ3) is 8.26. The lowest BCUT2D eigenvalue weighted by Crippen LogP contribution is -2.30. The number of hydrogen-bond acceptors (Lipinski definition) is 2. The molecule has 0 aromatic heterocycles. The van der Waals surface area contributed by atoms with Crippen molar-refractivity contribution < 1.29 is 0 Å². The Hall–Kier alpha value is -0.0800. The van der Waals surface area contributed by atoms with Crippen LogP contribution < -0.4 is 10.6 Å². The number of hydrogen-bond donors (Lipinski definition) is 2. The largest absolute Gasteiger partial charge is 0.320 e. The van der Waals surface area contributed by atoms with Crippen molar-refractivity contribution in [1.82, 2.24) is 10.6 Å². The van der Waals surface area contributed by atoms with E-state index >= 15 is 0 Å². The lowest BCUT2D eigenvalue weighted by atomic mass is 10.1. The highest BCUT2D eigenvalue weighted by Gasteiger charge is 2.02. The van der Waals surface area contributed by atoms with Gasteiger partial charge >= 0.3 is 0 Å². The average molecular weight is 186 g/mol. The summed E-state index contributed by atoms with van der Waals surface area (Å²) in [6.45, 7) is 6.80. The van der Waals surface area contributed by atoms with E-state index in [1.165, 1.54) is 32.1 Å². The van der Waals surface area contributed by atoms with Crippen LogP contribution in [0, 0.1) is 0 Å². The van der Waals surface area contributed by atoms with E-state index in [1.807, 2.05) is 7.05 Å². The normalized spacial score (nSPS) is 13.2. The fourth-order valence-corrected chi connectivity index (χ4v) is 1.47. The van der Waals surface area contributed by atoms with Crippen molar-refractivity contribution in [2.75, 3.05) is 20.1 Å². The van der Waals surface area contributed by atoms with Gasteiger partial charge in [0.15, 0.2) is 0 Å². The standard InChI is InChI=1S/C11H26N2/c1-4-6-8-11(5-2)13-10-7-9-12-3/h11-13H,4-10H2,1-3H3/t11-/m1/s1. The predicted molar refractivity (Wildman–Crippen MR) is 60.2 cm³/mol. The van der Waals surface area contributed by atoms with E-state index in [2.05, 4.69) is 24.5 Å². The van der Waals surface area contributed by atoms with Crippen molar-refractivity contribution in [3.63, 3.8) is 0 Å². The monoisotopic (exact) mass is 186 g/mol. The zero-order chi connectivity index (χ0) is 9.94. The van der Waals surface area contributed by atoms with Crippen LogP contribution in [-0.2, 0) is 0 Å². The molecular formula is C11H26N2. The van der Waals surface area contributed by atoms with Crippen molar-refractivity contribution in [2.24, 2.45) is 0 Å². The van der Waals surface area contributed by atoms with E-state index in [9.17, 15) is 0 Å². The molecule has 1 atom stereocenters. The van der Waals surface area contributed by atoms with Gasteiger partial charge in [0, 0.05) is 6.04 Å². The summed E-state index contributed by atoms with van der Waals surface area (Å²) >= 11 is 0. The van der Waals surface area contributed by atoms with E-state index in [4.69, 9.17) is 0 Å². The third-order valence-corrected chi connectivity index (χ3v) is 2.44. The van der Waals surface area contributed by atoms with Gasteiger partial charge in [0.05, 0.1) is 0 Å². The number of unbranched alkanes of at least 4 members (excludes halogenated alkanes) is 1. The second-order valence-corrected chi connectivity index (χ2v) is 3.66. The van der Waals surface area contributed by atoms with Crippen molar-refractivity contribution in [2.45, 2.75) is 52.0 Å². The molecule has 0 aliphatic carbocycles. The van der Waals surface area contributed by atoms with Crippen LogP contribution in [0.15, 0.2) is 0 Å². The maximum Gasteiger partial charge on any atom is 0.00644 e. The van der Waals surface area contributed by atoms with Crippen LogP contribution in [0.5, 0.6) is 0 Å². The van der Waals surface area contributed by atoms with Gasteiger partial charge in [-0.05, 0) is 39.4 Å². The van der Waals surface area contributed by atoms with E-state index < -0.39 is 0 Å². The molecule has 0 rings (SSSR count). The first kappa shape index (κ1) is 12.9. The average Bonchev–Trinajstić information content (AvgIpc) is 2.17. The topological polar surface area (TPSA) is 24.1 Å². The molecule has 0 aromatic rings. The van der Waals surface area contributed by atoms with Crippen LogP contribution in [0.2, 0.25) is 0 Å². The molecule has 2 N–H and O–H groups in total. The van der Waals surface area contributed by atoms with E-state index in [0.29, 0.717) is 0 Å². The second-order valence-electron chi connectivity index (χ2n) is 3.66. The SMILES string of the molecule is CCCC[C@@H](CC)NCCCNC. The Kier molecular flexibility index (Phi) is 9.94. The lowest BCUT2D eigenvalue weighted by Gasteiger charge is -2.16. The fraction of sp³-hybridized carbons (Fsp3) is 1.00. The summed E-state index contributed by atoms with van der Waals surface area (Å²) in [5.41, 5.74) is 0. The van der Waals surface area contributed by atoms with E-state index in [1.54, 1.807) is 0 Å². The zero-order valence-electron chi connectivity index (χ0n) is 9.53. The van der Waals surface area contributed by atoms with E-state index in [-0.39, 0.29) is 0 Å². The van der Waals surface area contributed by atoms with Crippen LogP contribution in [0.25, 0.3) is 0 Å². The molecule has 2 nitrogen and oxygen atoms in total. The molecule has 0 saturated heterocycles. The van der Waals surface area contributed by atoms with Gasteiger partial charge in [-0.3, -0.25) is 0 Å². The number of rotatable bonds is 9. The quantitative estimate of drug-likeness (QED) is 0.539. The van der Waals surface area contributed by atoms with Gasteiger partial charge in [0.2, 0.25) is 0 Å². The van der Waals surface area contributed by atoms with Gasteiger partial charge in [0.25, 0.3) is 0 Å². The maximum absolute atomic E-state index is 3.60. The summed E-state index contributed by atoms with van der Waals surface area (Å²) in [6.07, 6.45) is 6.51. The Balaban J connectivity index is 3.25. The zero-order valence-corrected chi connectivity index (χ0v) is 9.53. The van der Waals surface area contributed by atoms with Crippen LogP contribution in [0.3, 0.4) is 0 Å². The van der Waals surface area contributed by atoms with Crippen molar-refractivity contribution in [1.29, 1.82) is 0 Å². The first-order valence-corrected chi connectivity index (χ1v) is 5.73. The molecule has 0 unspecified atom stereocenters. The van der Waals surface area contributed by atoms with E-state index in [0.717, 1.165) is 19.1 Å². The molecule has 13 heavy (non-hydrogen) atoms. The van der Waals surface area contributed by atoms with Gasteiger partial charge < -0.3 is 10.6 Å². The molecule has 0 aliphatic heterocycles. The second kappa shape index (κ2) is 10.0. The highest BCUT2D eigenvalue weighted by molar-refractivity contribution is 4.64. The summed E-state index contributed by atoms with van der Waals surface area (Å²) in [5.74, 6) is 0. The Morgan fingerprint density at radius 2 is 1.85 bits per heavy atom. The van der Waals surface area contributed by atoms with Gasteiger partial charge in [0.1, 0.15) is 0 Å². The van der Waals surface area contributed by atoms with Crippen molar-refractivity contribution in [3.05, 3.63) is 0 Å². The summed E-state index contributed by atoms with van der Waals surface area (Å²) < 4.78 is 0. The Labute approximate surface area is 83.5 Å². The van der Waals surface area contributed by atoms with Crippen molar-refractivity contribution >= 4 is 0 Å². The molecule has 2 heteroatoms. The molecule has 80 valence electrons. The summed E-state index contributed by atoms with van der Waals surface area (Å²) in [4.78, 5) is 0. The fourth-order valence-electron chi connectivity index (χ4n) is 1.47. The third-order valence-electron chi connectivity index (χ3n) is 2.44. The highest BCUT2D eigenvalue weighted by atomic mass is 14.9. The Morgan fingerprint density at radius 1 is 1.08 bits per heavy atom. The predicted octanol–water partition coefficient (Wildman–Crippen LogP) is 2.15.